The minimum atomic E-state index is -0.0135. The molecule has 1 aliphatic carbocycles. The summed E-state index contributed by atoms with van der Waals surface area (Å²) in [6, 6.07) is 0.698. The molecule has 0 N–H and O–H groups in total. The highest BCUT2D eigenvalue weighted by molar-refractivity contribution is 5.93. The van der Waals surface area contributed by atoms with Crippen LogP contribution in [0.4, 0.5) is 0 Å². The zero-order valence-electron chi connectivity index (χ0n) is 11.7. The van der Waals surface area contributed by atoms with Crippen molar-refractivity contribution in [2.75, 3.05) is 27.2 Å². The lowest BCUT2D eigenvalue weighted by Gasteiger charge is -2.26. The minimum Gasteiger partial charge on any atom is -0.340 e. The summed E-state index contributed by atoms with van der Waals surface area (Å²) < 4.78 is 0. The van der Waals surface area contributed by atoms with Gasteiger partial charge in [-0.2, -0.15) is 0 Å². The Balaban J connectivity index is 1.80. The van der Waals surface area contributed by atoms with Crippen LogP contribution in [0.3, 0.4) is 0 Å². The quantitative estimate of drug-likeness (QED) is 0.805. The van der Waals surface area contributed by atoms with Gasteiger partial charge in [-0.1, -0.05) is 12.8 Å². The summed E-state index contributed by atoms with van der Waals surface area (Å²) in [5.41, 5.74) is 0.550. The fraction of sp³-hybridized carbons (Fsp3) is 0.643. The molecule has 5 heteroatoms. The molecule has 1 saturated carbocycles. The van der Waals surface area contributed by atoms with E-state index < -0.39 is 0 Å². The van der Waals surface area contributed by atoms with Crippen molar-refractivity contribution in [3.63, 3.8) is 0 Å². The van der Waals surface area contributed by atoms with E-state index in [0.717, 1.165) is 13.1 Å². The van der Waals surface area contributed by atoms with Crippen LogP contribution in [-0.4, -0.2) is 58.9 Å². The molecule has 1 amide bonds. The summed E-state index contributed by atoms with van der Waals surface area (Å²) in [6.07, 6.45) is 9.82. The van der Waals surface area contributed by atoms with Crippen LogP contribution in [0, 0.1) is 0 Å². The molecule has 1 heterocycles. The summed E-state index contributed by atoms with van der Waals surface area (Å²) in [7, 11) is 3.98. The number of hydrogen-bond donors (Lipinski definition) is 0. The maximum atomic E-state index is 12.1. The van der Waals surface area contributed by atoms with E-state index in [2.05, 4.69) is 21.9 Å². The first-order valence-electron chi connectivity index (χ1n) is 6.89. The second kappa shape index (κ2) is 6.61. The summed E-state index contributed by atoms with van der Waals surface area (Å²) in [5, 5.41) is 0. The predicted octanol–water partition coefficient (Wildman–Crippen LogP) is 1.42. The molecule has 0 aliphatic heterocycles. The Morgan fingerprint density at radius 1 is 1.21 bits per heavy atom. The number of rotatable bonds is 5. The van der Waals surface area contributed by atoms with Gasteiger partial charge < -0.3 is 9.80 Å². The predicted molar refractivity (Wildman–Crippen MR) is 73.9 cm³/mol. The Hall–Kier alpha value is -1.49. The monoisotopic (exact) mass is 262 g/mol. The molecular formula is C14H22N4O. The van der Waals surface area contributed by atoms with E-state index in [1.807, 2.05) is 7.05 Å². The number of carbonyl (C=O) groups is 1. The molecule has 5 nitrogen and oxygen atoms in total. The van der Waals surface area contributed by atoms with Gasteiger partial charge in [0.15, 0.2) is 0 Å². The molecule has 1 aromatic heterocycles. The molecule has 0 aromatic carbocycles. The van der Waals surface area contributed by atoms with E-state index in [0.29, 0.717) is 11.6 Å². The molecule has 1 aliphatic rings. The van der Waals surface area contributed by atoms with E-state index >= 15 is 0 Å². The van der Waals surface area contributed by atoms with Gasteiger partial charge in [-0.3, -0.25) is 4.79 Å². The van der Waals surface area contributed by atoms with E-state index in [4.69, 9.17) is 0 Å². The van der Waals surface area contributed by atoms with E-state index in [-0.39, 0.29) is 5.91 Å². The van der Waals surface area contributed by atoms with Gasteiger partial charge >= 0.3 is 0 Å². The second-order valence-electron chi connectivity index (χ2n) is 5.27. The van der Waals surface area contributed by atoms with Gasteiger partial charge in [0.1, 0.15) is 6.33 Å². The van der Waals surface area contributed by atoms with E-state index in [9.17, 15) is 4.79 Å². The molecule has 104 valence electrons. The molecule has 1 aromatic rings. The number of likely N-dealkylation sites (N-methyl/N-ethyl adjacent to an activating group) is 2. The summed E-state index contributed by atoms with van der Waals surface area (Å²) in [5.74, 6) is -0.0135. The molecule has 0 bridgehead atoms. The Labute approximate surface area is 114 Å². The third kappa shape index (κ3) is 3.73. The Kier molecular flexibility index (Phi) is 4.85. The average molecular weight is 262 g/mol. The summed E-state index contributed by atoms with van der Waals surface area (Å²) in [4.78, 5) is 24.0. The zero-order chi connectivity index (χ0) is 13.7. The lowest BCUT2D eigenvalue weighted by molar-refractivity contribution is 0.0773. The number of aromatic nitrogens is 2. The van der Waals surface area contributed by atoms with Gasteiger partial charge in [0.25, 0.3) is 5.91 Å². The number of amides is 1. The second-order valence-corrected chi connectivity index (χ2v) is 5.27. The Morgan fingerprint density at radius 3 is 2.47 bits per heavy atom. The first-order valence-corrected chi connectivity index (χ1v) is 6.89. The first kappa shape index (κ1) is 13.9. The topological polar surface area (TPSA) is 49.3 Å². The van der Waals surface area contributed by atoms with Gasteiger partial charge in [-0.15, -0.1) is 0 Å². The highest BCUT2D eigenvalue weighted by atomic mass is 16.2. The minimum absolute atomic E-state index is 0.0135. The smallest absolute Gasteiger partial charge is 0.256 e. The van der Waals surface area contributed by atoms with E-state index in [1.54, 1.807) is 17.3 Å². The molecule has 0 radical (unpaired) electrons. The molecule has 0 spiro atoms. The van der Waals surface area contributed by atoms with Crippen molar-refractivity contribution in [3.8, 4) is 0 Å². The van der Waals surface area contributed by atoms with Crippen LogP contribution < -0.4 is 0 Å². The van der Waals surface area contributed by atoms with Crippen molar-refractivity contribution < 1.29 is 4.79 Å². The van der Waals surface area contributed by atoms with Gasteiger partial charge in [0, 0.05) is 38.6 Å². The van der Waals surface area contributed by atoms with Gasteiger partial charge in [-0.05, 0) is 19.9 Å². The van der Waals surface area contributed by atoms with Gasteiger partial charge in [0.05, 0.1) is 5.56 Å². The highest BCUT2D eigenvalue weighted by Crippen LogP contribution is 2.22. The van der Waals surface area contributed by atoms with Gasteiger partial charge in [-0.25, -0.2) is 9.97 Å². The van der Waals surface area contributed by atoms with Crippen LogP contribution in [0.15, 0.2) is 18.7 Å². The van der Waals surface area contributed by atoms with Crippen molar-refractivity contribution in [2.45, 2.75) is 31.7 Å². The van der Waals surface area contributed by atoms with Crippen LogP contribution in [0.1, 0.15) is 36.0 Å². The molecule has 0 atom stereocenters. The third-order valence-electron chi connectivity index (χ3n) is 3.89. The largest absolute Gasteiger partial charge is 0.340 e. The maximum absolute atomic E-state index is 12.1. The van der Waals surface area contributed by atoms with Crippen molar-refractivity contribution in [1.82, 2.24) is 19.8 Å². The highest BCUT2D eigenvalue weighted by Gasteiger charge is 2.20. The molecular weight excluding hydrogens is 240 g/mol. The lowest BCUT2D eigenvalue weighted by atomic mass is 10.2. The fourth-order valence-electron chi connectivity index (χ4n) is 2.57. The normalized spacial score (nSPS) is 15.9. The number of nitrogens with zero attached hydrogens (tertiary/aromatic N) is 4. The van der Waals surface area contributed by atoms with Crippen molar-refractivity contribution in [1.29, 1.82) is 0 Å². The third-order valence-corrected chi connectivity index (χ3v) is 3.89. The van der Waals surface area contributed by atoms with Crippen molar-refractivity contribution in [3.05, 3.63) is 24.3 Å². The maximum Gasteiger partial charge on any atom is 0.256 e. The summed E-state index contributed by atoms with van der Waals surface area (Å²) in [6.45, 7) is 1.65. The molecule has 1 fully saturated rings. The van der Waals surface area contributed by atoms with Gasteiger partial charge in [0.2, 0.25) is 0 Å². The SMILES string of the molecule is CN(CCN(C)C1CCCC1)C(=O)c1cncnc1. The lowest BCUT2D eigenvalue weighted by Crippen LogP contribution is -2.38. The fourth-order valence-corrected chi connectivity index (χ4v) is 2.57. The number of hydrogen-bond acceptors (Lipinski definition) is 4. The molecule has 0 unspecified atom stereocenters. The Bertz CT molecular complexity index is 403. The molecule has 2 rings (SSSR count). The zero-order valence-corrected chi connectivity index (χ0v) is 11.7. The van der Waals surface area contributed by atoms with E-state index in [1.165, 1.54) is 32.0 Å². The van der Waals surface area contributed by atoms with Crippen molar-refractivity contribution in [2.24, 2.45) is 0 Å². The summed E-state index contributed by atoms with van der Waals surface area (Å²) >= 11 is 0. The van der Waals surface area contributed by atoms with Crippen LogP contribution in [0.5, 0.6) is 0 Å². The molecule has 0 saturated heterocycles. The average Bonchev–Trinajstić information content (AvgIpc) is 2.98. The standard InChI is InChI=1S/C14H22N4O/c1-17(13-5-3-4-6-13)7-8-18(2)14(19)12-9-15-11-16-10-12/h9-11,13H,3-8H2,1-2H3. The van der Waals surface area contributed by atoms with Crippen LogP contribution in [0.2, 0.25) is 0 Å². The van der Waals surface area contributed by atoms with Crippen LogP contribution in [-0.2, 0) is 0 Å². The Morgan fingerprint density at radius 2 is 1.84 bits per heavy atom. The van der Waals surface area contributed by atoms with Crippen LogP contribution in [0.25, 0.3) is 0 Å². The number of carbonyl (C=O) groups excluding carboxylic acids is 1. The molecule has 19 heavy (non-hydrogen) atoms. The van der Waals surface area contributed by atoms with Crippen LogP contribution >= 0.6 is 0 Å². The van der Waals surface area contributed by atoms with Crippen molar-refractivity contribution >= 4 is 5.91 Å². The first-order chi connectivity index (χ1) is 9.18.